The quantitative estimate of drug-likeness (QED) is 0.679. The molecule has 0 aliphatic carbocycles. The molecule has 0 bridgehead atoms. The number of rotatable bonds is 4. The predicted octanol–water partition coefficient (Wildman–Crippen LogP) is 4.04. The van der Waals surface area contributed by atoms with E-state index in [4.69, 9.17) is 5.11 Å². The van der Waals surface area contributed by atoms with E-state index in [1.54, 1.807) is 36.4 Å². The van der Waals surface area contributed by atoms with Crippen molar-refractivity contribution in [2.75, 3.05) is 0 Å². The first kappa shape index (κ1) is 14.2. The maximum absolute atomic E-state index is 12.0. The average molecular weight is 331 g/mol. The number of hydrogen-bond acceptors (Lipinski definition) is 2. The normalized spacial score (nSPS) is 10.7. The van der Waals surface area contributed by atoms with Crippen LogP contribution in [0.4, 0.5) is 0 Å². The van der Waals surface area contributed by atoms with Crippen molar-refractivity contribution in [3.8, 4) is 0 Å². The summed E-state index contributed by atoms with van der Waals surface area (Å²) in [7, 11) is 0. The molecule has 0 spiro atoms. The van der Waals surface area contributed by atoms with Gasteiger partial charge in [0.1, 0.15) is 0 Å². The SMILES string of the molecule is O=C(/C=C/c1ccccc1C(=O)O)c1cccc(Br)c1. The van der Waals surface area contributed by atoms with Crippen LogP contribution in [0.2, 0.25) is 0 Å². The van der Waals surface area contributed by atoms with Crippen LogP contribution in [0.1, 0.15) is 26.3 Å². The number of halogens is 1. The maximum Gasteiger partial charge on any atom is 0.336 e. The number of carboxylic acids is 1. The van der Waals surface area contributed by atoms with Gasteiger partial charge in [-0.3, -0.25) is 4.79 Å². The molecule has 2 aromatic carbocycles. The first-order chi connectivity index (χ1) is 9.58. The molecule has 0 saturated heterocycles. The summed E-state index contributed by atoms with van der Waals surface area (Å²) in [6, 6.07) is 13.6. The minimum Gasteiger partial charge on any atom is -0.478 e. The van der Waals surface area contributed by atoms with Crippen LogP contribution in [-0.2, 0) is 0 Å². The van der Waals surface area contributed by atoms with E-state index in [0.29, 0.717) is 11.1 Å². The summed E-state index contributed by atoms with van der Waals surface area (Å²) in [5.74, 6) is -1.19. The Bertz CT molecular complexity index is 690. The number of aromatic carboxylic acids is 1. The van der Waals surface area contributed by atoms with Crippen LogP contribution < -0.4 is 0 Å². The van der Waals surface area contributed by atoms with Gasteiger partial charge in [-0.15, -0.1) is 0 Å². The van der Waals surface area contributed by atoms with Gasteiger partial charge >= 0.3 is 5.97 Å². The minimum absolute atomic E-state index is 0.172. The highest BCUT2D eigenvalue weighted by atomic mass is 79.9. The van der Waals surface area contributed by atoms with Crippen molar-refractivity contribution in [1.29, 1.82) is 0 Å². The summed E-state index contributed by atoms with van der Waals surface area (Å²) in [5, 5.41) is 9.06. The molecule has 1 N–H and O–H groups in total. The molecule has 0 atom stereocenters. The van der Waals surface area contributed by atoms with Crippen molar-refractivity contribution in [2.45, 2.75) is 0 Å². The van der Waals surface area contributed by atoms with E-state index in [9.17, 15) is 9.59 Å². The van der Waals surface area contributed by atoms with E-state index in [-0.39, 0.29) is 11.3 Å². The van der Waals surface area contributed by atoms with Gasteiger partial charge in [0.05, 0.1) is 5.56 Å². The zero-order valence-corrected chi connectivity index (χ0v) is 12.0. The third-order valence-electron chi connectivity index (χ3n) is 2.71. The second-order valence-electron chi connectivity index (χ2n) is 4.10. The van der Waals surface area contributed by atoms with Crippen molar-refractivity contribution in [2.24, 2.45) is 0 Å². The Kier molecular flexibility index (Phi) is 4.48. The molecule has 0 aromatic heterocycles. The molecule has 0 saturated carbocycles. The molecule has 4 heteroatoms. The Labute approximate surface area is 124 Å². The fraction of sp³-hybridized carbons (Fsp3) is 0. The largest absolute Gasteiger partial charge is 0.478 e. The van der Waals surface area contributed by atoms with Crippen molar-refractivity contribution < 1.29 is 14.7 Å². The number of ketones is 1. The molecule has 2 aromatic rings. The molecule has 0 aliphatic heterocycles. The van der Waals surface area contributed by atoms with E-state index in [1.807, 2.05) is 6.07 Å². The molecule has 0 aliphatic rings. The minimum atomic E-state index is -1.01. The van der Waals surface area contributed by atoms with Crippen LogP contribution in [0.3, 0.4) is 0 Å². The molecule has 0 fully saturated rings. The first-order valence-electron chi connectivity index (χ1n) is 5.88. The molecular weight excluding hydrogens is 320 g/mol. The van der Waals surface area contributed by atoms with Crippen LogP contribution in [0, 0.1) is 0 Å². The van der Waals surface area contributed by atoms with E-state index < -0.39 is 5.97 Å². The monoisotopic (exact) mass is 330 g/mol. The van der Waals surface area contributed by atoms with Crippen molar-refractivity contribution >= 4 is 33.8 Å². The third-order valence-corrected chi connectivity index (χ3v) is 3.21. The van der Waals surface area contributed by atoms with Gasteiger partial charge in [0, 0.05) is 10.0 Å². The van der Waals surface area contributed by atoms with Crippen LogP contribution in [0.5, 0.6) is 0 Å². The van der Waals surface area contributed by atoms with E-state index >= 15 is 0 Å². The highest BCUT2D eigenvalue weighted by Gasteiger charge is 2.07. The topological polar surface area (TPSA) is 54.4 Å². The van der Waals surface area contributed by atoms with Crippen molar-refractivity contribution in [1.82, 2.24) is 0 Å². The Morgan fingerprint density at radius 2 is 1.80 bits per heavy atom. The zero-order chi connectivity index (χ0) is 14.5. The third kappa shape index (κ3) is 3.42. The second-order valence-corrected chi connectivity index (χ2v) is 5.02. The lowest BCUT2D eigenvalue weighted by molar-refractivity contribution is 0.0696. The summed E-state index contributed by atoms with van der Waals surface area (Å²) in [6.45, 7) is 0. The van der Waals surface area contributed by atoms with Gasteiger partial charge < -0.3 is 5.11 Å². The predicted molar refractivity (Wildman–Crippen MR) is 80.9 cm³/mol. The lowest BCUT2D eigenvalue weighted by Gasteiger charge is -2.00. The summed E-state index contributed by atoms with van der Waals surface area (Å²) >= 11 is 3.30. The molecule has 2 rings (SSSR count). The molecular formula is C16H11BrO3. The van der Waals surface area contributed by atoms with Gasteiger partial charge in [-0.2, -0.15) is 0 Å². The van der Waals surface area contributed by atoms with Crippen LogP contribution in [0.25, 0.3) is 6.08 Å². The lowest BCUT2D eigenvalue weighted by Crippen LogP contribution is -1.99. The summed E-state index contributed by atoms with van der Waals surface area (Å²) in [4.78, 5) is 23.1. The summed E-state index contributed by atoms with van der Waals surface area (Å²) in [6.07, 6.45) is 2.90. The van der Waals surface area contributed by atoms with E-state index in [1.165, 1.54) is 18.2 Å². The van der Waals surface area contributed by atoms with Crippen LogP contribution in [-0.4, -0.2) is 16.9 Å². The van der Waals surface area contributed by atoms with Crippen LogP contribution >= 0.6 is 15.9 Å². The van der Waals surface area contributed by atoms with Gasteiger partial charge in [-0.05, 0) is 29.8 Å². The van der Waals surface area contributed by atoms with E-state index in [2.05, 4.69) is 15.9 Å². The molecule has 0 unspecified atom stereocenters. The lowest BCUT2D eigenvalue weighted by atomic mass is 10.1. The maximum atomic E-state index is 12.0. The van der Waals surface area contributed by atoms with Gasteiger partial charge in [0.15, 0.2) is 5.78 Å². The first-order valence-corrected chi connectivity index (χ1v) is 6.67. The van der Waals surface area contributed by atoms with Crippen molar-refractivity contribution in [3.05, 3.63) is 75.8 Å². The number of carbonyl (C=O) groups is 2. The van der Waals surface area contributed by atoms with Gasteiger partial charge in [0.25, 0.3) is 0 Å². The standard InChI is InChI=1S/C16H11BrO3/c17-13-6-3-5-12(10-13)15(18)9-8-11-4-1-2-7-14(11)16(19)20/h1-10H,(H,19,20)/b9-8+. The molecule has 0 heterocycles. The molecule has 0 amide bonds. The molecule has 3 nitrogen and oxygen atoms in total. The molecule has 0 radical (unpaired) electrons. The van der Waals surface area contributed by atoms with E-state index in [0.717, 1.165) is 4.47 Å². The fourth-order valence-electron chi connectivity index (χ4n) is 1.74. The Balaban J connectivity index is 2.26. The highest BCUT2D eigenvalue weighted by molar-refractivity contribution is 9.10. The Morgan fingerprint density at radius 1 is 1.05 bits per heavy atom. The summed E-state index contributed by atoms with van der Waals surface area (Å²) in [5.41, 5.74) is 1.22. The fourth-order valence-corrected chi connectivity index (χ4v) is 2.14. The van der Waals surface area contributed by atoms with Crippen LogP contribution in [0.15, 0.2) is 59.1 Å². The number of benzene rings is 2. The number of carbonyl (C=O) groups excluding carboxylic acids is 1. The Hall–Kier alpha value is -2.20. The zero-order valence-electron chi connectivity index (χ0n) is 10.4. The molecule has 20 heavy (non-hydrogen) atoms. The number of hydrogen-bond donors (Lipinski definition) is 1. The van der Waals surface area contributed by atoms with Gasteiger partial charge in [0.2, 0.25) is 0 Å². The van der Waals surface area contributed by atoms with Gasteiger partial charge in [-0.1, -0.05) is 52.3 Å². The second kappa shape index (κ2) is 6.30. The number of allylic oxidation sites excluding steroid dienone is 1. The smallest absolute Gasteiger partial charge is 0.336 e. The molecule has 100 valence electrons. The Morgan fingerprint density at radius 3 is 2.50 bits per heavy atom. The summed E-state index contributed by atoms with van der Waals surface area (Å²) < 4.78 is 0.822. The number of carboxylic acid groups (broad SMARTS) is 1. The highest BCUT2D eigenvalue weighted by Crippen LogP contribution is 2.14. The van der Waals surface area contributed by atoms with Crippen molar-refractivity contribution in [3.63, 3.8) is 0 Å². The average Bonchev–Trinajstić information content (AvgIpc) is 2.45. The van der Waals surface area contributed by atoms with Gasteiger partial charge in [-0.25, -0.2) is 4.79 Å².